The van der Waals surface area contributed by atoms with E-state index in [1.54, 1.807) is 36.2 Å². The average molecular weight is 462 g/mol. The third-order valence-corrected chi connectivity index (χ3v) is 4.98. The lowest BCUT2D eigenvalue weighted by molar-refractivity contribution is 0.0600. The van der Waals surface area contributed by atoms with E-state index in [0.29, 0.717) is 28.9 Å². The molecule has 0 aliphatic carbocycles. The number of nitrogens with zero attached hydrogens (tertiary/aromatic N) is 1. The Morgan fingerprint density at radius 3 is 2.21 bits per heavy atom. The number of rotatable bonds is 6. The minimum Gasteiger partial charge on any atom is -0.465 e. The third kappa shape index (κ3) is 6.47. The summed E-state index contributed by atoms with van der Waals surface area (Å²) < 4.78 is 4.64. The van der Waals surface area contributed by atoms with E-state index < -0.39 is 11.9 Å². The summed E-state index contributed by atoms with van der Waals surface area (Å²) in [6, 6.07) is 22.6. The maximum absolute atomic E-state index is 12.8. The SMILES string of the molecule is COC(=O)c1ccc(C(=O)NC(=S)Nc2cccc(C(=O)N(C)Cc3ccccc3)c2)cc1. The second-order valence-corrected chi connectivity index (χ2v) is 7.61. The minimum absolute atomic E-state index is 0.0827. The molecular formula is C25H23N3O4S. The van der Waals surface area contributed by atoms with Crippen LogP contribution in [0.3, 0.4) is 0 Å². The van der Waals surface area contributed by atoms with Gasteiger partial charge in [-0.2, -0.15) is 0 Å². The van der Waals surface area contributed by atoms with Crippen molar-refractivity contribution in [2.45, 2.75) is 6.54 Å². The number of anilines is 1. The van der Waals surface area contributed by atoms with Crippen LogP contribution in [-0.2, 0) is 11.3 Å². The van der Waals surface area contributed by atoms with E-state index in [9.17, 15) is 14.4 Å². The summed E-state index contributed by atoms with van der Waals surface area (Å²) in [5, 5.41) is 5.58. The number of benzene rings is 3. The number of carbonyl (C=O) groups is 3. The first-order valence-electron chi connectivity index (χ1n) is 10.1. The van der Waals surface area contributed by atoms with Gasteiger partial charge in [-0.3, -0.25) is 14.9 Å². The lowest BCUT2D eigenvalue weighted by Crippen LogP contribution is -2.34. The lowest BCUT2D eigenvalue weighted by atomic mass is 10.1. The fourth-order valence-corrected chi connectivity index (χ4v) is 3.30. The van der Waals surface area contributed by atoms with Gasteiger partial charge in [-0.25, -0.2) is 4.79 Å². The molecule has 0 atom stereocenters. The van der Waals surface area contributed by atoms with Gasteiger partial charge in [0.15, 0.2) is 5.11 Å². The number of ether oxygens (including phenoxy) is 1. The number of amides is 2. The van der Waals surface area contributed by atoms with Crippen LogP contribution in [0.4, 0.5) is 5.69 Å². The molecule has 0 radical (unpaired) electrons. The Kier molecular flexibility index (Phi) is 7.88. The maximum Gasteiger partial charge on any atom is 0.337 e. The first kappa shape index (κ1) is 23.6. The fourth-order valence-electron chi connectivity index (χ4n) is 3.09. The van der Waals surface area contributed by atoms with Crippen molar-refractivity contribution in [3.05, 3.63) is 101 Å². The highest BCUT2D eigenvalue weighted by Gasteiger charge is 2.14. The molecule has 8 heteroatoms. The Labute approximate surface area is 197 Å². The molecule has 0 heterocycles. The zero-order valence-electron chi connectivity index (χ0n) is 18.2. The molecule has 0 fully saturated rings. The molecule has 0 aliphatic heterocycles. The number of esters is 1. The Hall–Kier alpha value is -4.04. The molecule has 0 aliphatic rings. The molecule has 168 valence electrons. The first-order valence-corrected chi connectivity index (χ1v) is 10.5. The summed E-state index contributed by atoms with van der Waals surface area (Å²) in [5.74, 6) is -1.05. The summed E-state index contributed by atoms with van der Waals surface area (Å²) in [4.78, 5) is 38.4. The van der Waals surface area contributed by atoms with E-state index in [0.717, 1.165) is 5.56 Å². The predicted molar refractivity (Wildman–Crippen MR) is 130 cm³/mol. The van der Waals surface area contributed by atoms with Crippen molar-refractivity contribution in [1.82, 2.24) is 10.2 Å². The van der Waals surface area contributed by atoms with Gasteiger partial charge in [-0.15, -0.1) is 0 Å². The van der Waals surface area contributed by atoms with E-state index in [1.807, 2.05) is 30.3 Å². The van der Waals surface area contributed by atoms with Gasteiger partial charge in [0.05, 0.1) is 12.7 Å². The number of hydrogen-bond acceptors (Lipinski definition) is 5. The Morgan fingerprint density at radius 1 is 0.879 bits per heavy atom. The van der Waals surface area contributed by atoms with Crippen molar-refractivity contribution >= 4 is 40.8 Å². The Balaban J connectivity index is 1.60. The van der Waals surface area contributed by atoms with Crippen molar-refractivity contribution in [2.24, 2.45) is 0 Å². The van der Waals surface area contributed by atoms with Crippen molar-refractivity contribution < 1.29 is 19.1 Å². The molecule has 0 aromatic heterocycles. The third-order valence-electron chi connectivity index (χ3n) is 4.77. The van der Waals surface area contributed by atoms with Crippen LogP contribution < -0.4 is 10.6 Å². The molecule has 0 saturated heterocycles. The molecule has 0 bridgehead atoms. The largest absolute Gasteiger partial charge is 0.465 e. The van der Waals surface area contributed by atoms with Crippen molar-refractivity contribution in [3.8, 4) is 0 Å². The molecule has 0 saturated carbocycles. The summed E-state index contributed by atoms with van der Waals surface area (Å²) in [6.07, 6.45) is 0. The monoisotopic (exact) mass is 461 g/mol. The standard InChI is InChI=1S/C25H23N3O4S/c1-28(16-17-7-4-3-5-8-17)23(30)20-9-6-10-21(15-20)26-25(33)27-22(29)18-11-13-19(14-12-18)24(31)32-2/h3-15H,16H2,1-2H3,(H2,26,27,29,33). The number of nitrogens with one attached hydrogen (secondary N) is 2. The van der Waals surface area contributed by atoms with Gasteiger partial charge in [-0.05, 0) is 60.2 Å². The molecule has 3 rings (SSSR count). The van der Waals surface area contributed by atoms with Gasteiger partial charge < -0.3 is 15.0 Å². The number of methoxy groups -OCH3 is 1. The van der Waals surface area contributed by atoms with Crippen LogP contribution in [0.25, 0.3) is 0 Å². The van der Waals surface area contributed by atoms with E-state index in [4.69, 9.17) is 12.2 Å². The van der Waals surface area contributed by atoms with Crippen molar-refractivity contribution in [3.63, 3.8) is 0 Å². The molecule has 2 amide bonds. The van der Waals surface area contributed by atoms with E-state index in [2.05, 4.69) is 15.4 Å². The average Bonchev–Trinajstić information content (AvgIpc) is 2.83. The van der Waals surface area contributed by atoms with Crippen LogP contribution in [0.5, 0.6) is 0 Å². The summed E-state index contributed by atoms with van der Waals surface area (Å²) >= 11 is 5.23. The maximum atomic E-state index is 12.8. The smallest absolute Gasteiger partial charge is 0.337 e. The van der Waals surface area contributed by atoms with Crippen LogP contribution in [0.2, 0.25) is 0 Å². The summed E-state index contributed by atoms with van der Waals surface area (Å²) in [7, 11) is 3.03. The molecule has 7 nitrogen and oxygen atoms in total. The normalized spacial score (nSPS) is 10.1. The highest BCUT2D eigenvalue weighted by atomic mass is 32.1. The first-order chi connectivity index (χ1) is 15.9. The minimum atomic E-state index is -0.483. The molecule has 2 N–H and O–H groups in total. The van der Waals surface area contributed by atoms with Gasteiger partial charge in [0.2, 0.25) is 0 Å². The van der Waals surface area contributed by atoms with Crippen LogP contribution in [0, 0.1) is 0 Å². The van der Waals surface area contributed by atoms with Crippen LogP contribution in [-0.4, -0.2) is 42.0 Å². The van der Waals surface area contributed by atoms with Gasteiger partial charge in [0.25, 0.3) is 11.8 Å². The second kappa shape index (κ2) is 11.0. The topological polar surface area (TPSA) is 87.7 Å². The number of hydrogen-bond donors (Lipinski definition) is 2. The molecule has 3 aromatic rings. The van der Waals surface area contributed by atoms with Gasteiger partial charge >= 0.3 is 5.97 Å². The van der Waals surface area contributed by atoms with E-state index in [-0.39, 0.29) is 11.0 Å². The Bertz CT molecular complexity index is 1160. The highest BCUT2D eigenvalue weighted by molar-refractivity contribution is 7.80. The quantitative estimate of drug-likeness (QED) is 0.428. The second-order valence-electron chi connectivity index (χ2n) is 7.20. The predicted octanol–water partition coefficient (Wildman–Crippen LogP) is 3.87. The van der Waals surface area contributed by atoms with Gasteiger partial charge in [0, 0.05) is 30.4 Å². The van der Waals surface area contributed by atoms with Crippen LogP contribution >= 0.6 is 12.2 Å². The summed E-state index contributed by atoms with van der Waals surface area (Å²) in [6.45, 7) is 0.487. The fraction of sp³-hybridized carbons (Fsp3) is 0.120. The van der Waals surface area contributed by atoms with Gasteiger partial charge in [-0.1, -0.05) is 36.4 Å². The molecule has 3 aromatic carbocycles. The molecule has 0 unspecified atom stereocenters. The number of thiocarbonyl (C=S) groups is 1. The zero-order valence-corrected chi connectivity index (χ0v) is 19.0. The molecular weight excluding hydrogens is 438 g/mol. The van der Waals surface area contributed by atoms with Crippen molar-refractivity contribution in [2.75, 3.05) is 19.5 Å². The van der Waals surface area contributed by atoms with Crippen LogP contribution in [0.1, 0.15) is 36.6 Å². The Morgan fingerprint density at radius 2 is 1.55 bits per heavy atom. The van der Waals surface area contributed by atoms with E-state index in [1.165, 1.54) is 31.4 Å². The number of carbonyl (C=O) groups excluding carboxylic acids is 3. The zero-order chi connectivity index (χ0) is 23.8. The van der Waals surface area contributed by atoms with E-state index >= 15 is 0 Å². The van der Waals surface area contributed by atoms with Crippen molar-refractivity contribution in [1.29, 1.82) is 0 Å². The lowest BCUT2D eigenvalue weighted by Gasteiger charge is -2.18. The molecule has 33 heavy (non-hydrogen) atoms. The highest BCUT2D eigenvalue weighted by Crippen LogP contribution is 2.14. The summed E-state index contributed by atoms with van der Waals surface area (Å²) in [5.41, 5.74) is 2.77. The van der Waals surface area contributed by atoms with Crippen LogP contribution in [0.15, 0.2) is 78.9 Å². The van der Waals surface area contributed by atoms with Gasteiger partial charge in [0.1, 0.15) is 0 Å². The molecule has 0 spiro atoms.